The Labute approximate surface area is 195 Å². The molecule has 0 unspecified atom stereocenters. The van der Waals surface area contributed by atoms with Gasteiger partial charge in [0.2, 0.25) is 0 Å². The predicted octanol–water partition coefficient (Wildman–Crippen LogP) is 6.64. The number of para-hydroxylation sites is 2. The predicted molar refractivity (Wildman–Crippen MR) is 132 cm³/mol. The SMILES string of the molecule is Cc1ccc2nc(N(Cc3cccnc3)C(=O)c3ccccc3Oc3ccccc3)sc2c1. The minimum absolute atomic E-state index is 0.179. The lowest BCUT2D eigenvalue weighted by Crippen LogP contribution is -2.30. The van der Waals surface area contributed by atoms with Gasteiger partial charge in [0.05, 0.1) is 22.3 Å². The van der Waals surface area contributed by atoms with E-state index in [0.717, 1.165) is 21.3 Å². The lowest BCUT2D eigenvalue weighted by molar-refractivity contribution is 0.0983. The molecule has 0 spiro atoms. The zero-order valence-corrected chi connectivity index (χ0v) is 18.8. The van der Waals surface area contributed by atoms with Crippen molar-refractivity contribution in [3.05, 3.63) is 114 Å². The maximum Gasteiger partial charge on any atom is 0.264 e. The highest BCUT2D eigenvalue weighted by Crippen LogP contribution is 2.33. The number of hydrogen-bond acceptors (Lipinski definition) is 5. The summed E-state index contributed by atoms with van der Waals surface area (Å²) in [6.07, 6.45) is 3.49. The number of rotatable bonds is 6. The van der Waals surface area contributed by atoms with Gasteiger partial charge < -0.3 is 4.74 Å². The summed E-state index contributed by atoms with van der Waals surface area (Å²) >= 11 is 1.50. The number of benzene rings is 3. The molecule has 5 nitrogen and oxygen atoms in total. The van der Waals surface area contributed by atoms with Gasteiger partial charge in [-0.15, -0.1) is 0 Å². The summed E-state index contributed by atoms with van der Waals surface area (Å²) in [6, 6.07) is 26.7. The number of aromatic nitrogens is 2. The Bertz CT molecular complexity index is 1400. The van der Waals surface area contributed by atoms with Crippen molar-refractivity contribution in [2.75, 3.05) is 4.90 Å². The van der Waals surface area contributed by atoms with Crippen LogP contribution in [0.3, 0.4) is 0 Å². The lowest BCUT2D eigenvalue weighted by atomic mass is 10.1. The number of aryl methyl sites for hydroxylation is 1. The van der Waals surface area contributed by atoms with E-state index in [2.05, 4.69) is 18.0 Å². The number of pyridine rings is 1. The van der Waals surface area contributed by atoms with Gasteiger partial charge in [-0.2, -0.15) is 0 Å². The fraction of sp³-hybridized carbons (Fsp3) is 0.0741. The van der Waals surface area contributed by atoms with Crippen LogP contribution in [0, 0.1) is 6.92 Å². The average molecular weight is 452 g/mol. The molecule has 1 amide bonds. The Morgan fingerprint density at radius 3 is 2.61 bits per heavy atom. The molecule has 6 heteroatoms. The van der Waals surface area contributed by atoms with Gasteiger partial charge in [0.15, 0.2) is 5.13 Å². The van der Waals surface area contributed by atoms with Crippen LogP contribution in [0.4, 0.5) is 5.13 Å². The quantitative estimate of drug-likeness (QED) is 0.290. The molecule has 5 rings (SSSR count). The summed E-state index contributed by atoms with van der Waals surface area (Å²) < 4.78 is 7.11. The normalized spacial score (nSPS) is 10.8. The van der Waals surface area contributed by atoms with Crippen molar-refractivity contribution >= 4 is 32.6 Å². The van der Waals surface area contributed by atoms with E-state index in [1.165, 1.54) is 11.3 Å². The zero-order chi connectivity index (χ0) is 22.6. The van der Waals surface area contributed by atoms with Crippen LogP contribution in [0.25, 0.3) is 10.2 Å². The second kappa shape index (κ2) is 9.22. The molecule has 0 atom stereocenters. The Kier molecular flexibility index (Phi) is 5.83. The number of ether oxygens (including phenoxy) is 1. The molecular formula is C27H21N3O2S. The molecule has 0 aliphatic carbocycles. The van der Waals surface area contributed by atoms with E-state index >= 15 is 0 Å². The first-order chi connectivity index (χ1) is 16.2. The molecule has 0 radical (unpaired) electrons. The molecule has 0 saturated heterocycles. The van der Waals surface area contributed by atoms with Crippen molar-refractivity contribution in [3.63, 3.8) is 0 Å². The van der Waals surface area contributed by atoms with Crippen LogP contribution in [-0.2, 0) is 6.54 Å². The molecule has 162 valence electrons. The Balaban J connectivity index is 1.56. The van der Waals surface area contributed by atoms with Gasteiger partial charge >= 0.3 is 0 Å². The first-order valence-corrected chi connectivity index (χ1v) is 11.4. The van der Waals surface area contributed by atoms with Crippen LogP contribution in [0.5, 0.6) is 11.5 Å². The van der Waals surface area contributed by atoms with Crippen LogP contribution >= 0.6 is 11.3 Å². The van der Waals surface area contributed by atoms with Crippen molar-refractivity contribution in [3.8, 4) is 11.5 Å². The van der Waals surface area contributed by atoms with E-state index in [1.807, 2.05) is 72.8 Å². The second-order valence-electron chi connectivity index (χ2n) is 7.63. The average Bonchev–Trinajstić information content (AvgIpc) is 3.27. The monoisotopic (exact) mass is 451 g/mol. The molecule has 3 aromatic carbocycles. The van der Waals surface area contributed by atoms with Gasteiger partial charge in [-0.3, -0.25) is 14.7 Å². The molecular weight excluding hydrogens is 430 g/mol. The smallest absolute Gasteiger partial charge is 0.264 e. The first-order valence-electron chi connectivity index (χ1n) is 10.6. The Hall–Kier alpha value is -4.03. The summed E-state index contributed by atoms with van der Waals surface area (Å²) in [7, 11) is 0. The van der Waals surface area contributed by atoms with E-state index in [1.54, 1.807) is 23.4 Å². The number of nitrogens with zero attached hydrogens (tertiary/aromatic N) is 3. The second-order valence-corrected chi connectivity index (χ2v) is 8.64. The topological polar surface area (TPSA) is 55.3 Å². The standard InChI is InChI=1S/C27H21N3O2S/c1-19-13-14-23-25(16-19)33-27(29-23)30(18-20-8-7-15-28-17-20)26(31)22-11-5-6-12-24(22)32-21-9-3-2-4-10-21/h2-17H,18H2,1H3. The summed E-state index contributed by atoms with van der Waals surface area (Å²) in [5.41, 5.74) is 3.42. The molecule has 0 bridgehead atoms. The van der Waals surface area contributed by atoms with Crippen LogP contribution < -0.4 is 9.64 Å². The van der Waals surface area contributed by atoms with E-state index < -0.39 is 0 Å². The molecule has 0 N–H and O–H groups in total. The van der Waals surface area contributed by atoms with Crippen LogP contribution in [0.1, 0.15) is 21.5 Å². The maximum atomic E-state index is 13.9. The molecule has 2 aromatic heterocycles. The van der Waals surface area contributed by atoms with Crippen LogP contribution in [0.2, 0.25) is 0 Å². The third kappa shape index (κ3) is 4.61. The Morgan fingerprint density at radius 2 is 1.79 bits per heavy atom. The molecule has 0 aliphatic rings. The highest BCUT2D eigenvalue weighted by molar-refractivity contribution is 7.22. The number of amides is 1. The number of fused-ring (bicyclic) bond motifs is 1. The van der Waals surface area contributed by atoms with Gasteiger partial charge in [-0.25, -0.2) is 4.98 Å². The molecule has 0 fully saturated rings. The van der Waals surface area contributed by atoms with Gasteiger partial charge in [-0.1, -0.05) is 53.8 Å². The van der Waals surface area contributed by atoms with Gasteiger partial charge in [0, 0.05) is 12.4 Å². The number of anilines is 1. The maximum absolute atomic E-state index is 13.9. The first kappa shape index (κ1) is 20.8. The largest absolute Gasteiger partial charge is 0.457 e. The lowest BCUT2D eigenvalue weighted by Gasteiger charge is -2.21. The summed E-state index contributed by atoms with van der Waals surface area (Å²) in [4.78, 5) is 24.6. The van der Waals surface area contributed by atoms with Crippen molar-refractivity contribution in [2.45, 2.75) is 13.5 Å². The molecule has 33 heavy (non-hydrogen) atoms. The van der Waals surface area contributed by atoms with Crippen LogP contribution in [-0.4, -0.2) is 15.9 Å². The van der Waals surface area contributed by atoms with E-state index in [-0.39, 0.29) is 5.91 Å². The molecule has 5 aromatic rings. The highest BCUT2D eigenvalue weighted by atomic mass is 32.1. The van der Waals surface area contributed by atoms with Crippen molar-refractivity contribution in [2.24, 2.45) is 0 Å². The summed E-state index contributed by atoms with van der Waals surface area (Å²) in [5, 5.41) is 0.638. The van der Waals surface area contributed by atoms with E-state index in [9.17, 15) is 4.79 Å². The number of thiazole rings is 1. The minimum atomic E-state index is -0.179. The third-order valence-electron chi connectivity index (χ3n) is 5.16. The van der Waals surface area contributed by atoms with Gasteiger partial charge in [-0.05, 0) is 60.5 Å². The van der Waals surface area contributed by atoms with Gasteiger partial charge in [0.25, 0.3) is 5.91 Å². The third-order valence-corrected chi connectivity index (χ3v) is 6.20. The van der Waals surface area contributed by atoms with E-state index in [0.29, 0.717) is 28.7 Å². The van der Waals surface area contributed by atoms with Gasteiger partial charge in [0.1, 0.15) is 11.5 Å². The van der Waals surface area contributed by atoms with Crippen molar-refractivity contribution in [1.29, 1.82) is 0 Å². The number of carbonyl (C=O) groups is 1. The van der Waals surface area contributed by atoms with Crippen LogP contribution in [0.15, 0.2) is 97.3 Å². The minimum Gasteiger partial charge on any atom is -0.457 e. The number of carbonyl (C=O) groups excluding carboxylic acids is 1. The zero-order valence-electron chi connectivity index (χ0n) is 18.0. The molecule has 2 heterocycles. The molecule has 0 aliphatic heterocycles. The fourth-order valence-corrected chi connectivity index (χ4v) is 4.59. The Morgan fingerprint density at radius 1 is 0.970 bits per heavy atom. The van der Waals surface area contributed by atoms with E-state index in [4.69, 9.17) is 9.72 Å². The van der Waals surface area contributed by atoms with Crippen molar-refractivity contribution < 1.29 is 9.53 Å². The summed E-state index contributed by atoms with van der Waals surface area (Å²) in [5.74, 6) is 0.995. The highest BCUT2D eigenvalue weighted by Gasteiger charge is 2.24. The number of hydrogen-bond donors (Lipinski definition) is 0. The van der Waals surface area contributed by atoms with Crippen molar-refractivity contribution in [1.82, 2.24) is 9.97 Å². The fourth-order valence-electron chi connectivity index (χ4n) is 3.53. The summed E-state index contributed by atoms with van der Waals surface area (Å²) in [6.45, 7) is 2.40. The molecule has 0 saturated carbocycles.